The maximum atomic E-state index is 12.5. The van der Waals surface area contributed by atoms with Gasteiger partial charge in [-0.05, 0) is 70.8 Å². The molecule has 0 radical (unpaired) electrons. The number of esters is 2. The first-order valence-corrected chi connectivity index (χ1v) is 11.1. The molecule has 2 aliphatic carbocycles. The molecule has 1 saturated carbocycles. The fraction of sp³-hybridized carbons (Fsp3) is 0.600. The lowest BCUT2D eigenvalue weighted by atomic mass is 9.62. The van der Waals surface area contributed by atoms with Crippen molar-refractivity contribution < 1.29 is 24.2 Å². The Morgan fingerprint density at radius 2 is 2.03 bits per heavy atom. The van der Waals surface area contributed by atoms with E-state index in [0.717, 1.165) is 31.3 Å². The zero-order valence-electron chi connectivity index (χ0n) is 18.4. The highest BCUT2D eigenvalue weighted by Crippen LogP contribution is 2.58. The van der Waals surface area contributed by atoms with Crippen LogP contribution in [0.3, 0.4) is 0 Å². The second-order valence-corrected chi connectivity index (χ2v) is 9.47. The van der Waals surface area contributed by atoms with Crippen molar-refractivity contribution in [2.75, 3.05) is 6.61 Å². The predicted molar refractivity (Wildman–Crippen MR) is 113 cm³/mol. The molecule has 1 fully saturated rings. The minimum absolute atomic E-state index is 0.0939. The van der Waals surface area contributed by atoms with Gasteiger partial charge in [0.25, 0.3) is 0 Å². The minimum Gasteiger partial charge on any atom is -0.507 e. The number of aliphatic hydroxyl groups excluding tert-OH is 1. The molecule has 4 rings (SSSR count). The van der Waals surface area contributed by atoms with E-state index in [9.17, 15) is 14.7 Å². The SMILES string of the molecule is CC1=C[C@@H](/C=C(\C)CCCC2=CCOC2=O)[C@]2(OC(=O)C(C)=C2O)[C@@H]2[C@@H](C)CC[C@@H]12. The zero-order valence-corrected chi connectivity index (χ0v) is 18.4. The molecule has 1 N–H and O–H groups in total. The monoisotopic (exact) mass is 412 g/mol. The number of carbonyl (C=O) groups is 2. The fourth-order valence-corrected chi connectivity index (χ4v) is 6.02. The van der Waals surface area contributed by atoms with E-state index in [4.69, 9.17) is 9.47 Å². The van der Waals surface area contributed by atoms with E-state index in [2.05, 4.69) is 32.9 Å². The van der Waals surface area contributed by atoms with Gasteiger partial charge in [-0.3, -0.25) is 0 Å². The third kappa shape index (κ3) is 3.23. The van der Waals surface area contributed by atoms with E-state index in [1.54, 1.807) is 6.92 Å². The normalized spacial score (nSPS) is 36.1. The van der Waals surface area contributed by atoms with Gasteiger partial charge in [0.2, 0.25) is 0 Å². The molecule has 0 unspecified atom stereocenters. The molecular formula is C25H32O5. The van der Waals surface area contributed by atoms with Crippen molar-refractivity contribution in [1.29, 1.82) is 0 Å². The Hall–Kier alpha value is -2.30. The van der Waals surface area contributed by atoms with E-state index < -0.39 is 11.6 Å². The summed E-state index contributed by atoms with van der Waals surface area (Å²) in [5, 5.41) is 11.1. The van der Waals surface area contributed by atoms with Crippen LogP contribution in [0.1, 0.15) is 59.8 Å². The molecule has 0 amide bonds. The van der Waals surface area contributed by atoms with Gasteiger partial charge < -0.3 is 14.6 Å². The molecule has 0 aromatic rings. The van der Waals surface area contributed by atoms with Gasteiger partial charge in [-0.2, -0.15) is 0 Å². The number of aliphatic hydroxyl groups is 1. The molecule has 0 aromatic heterocycles. The van der Waals surface area contributed by atoms with Crippen molar-refractivity contribution in [1.82, 2.24) is 0 Å². The van der Waals surface area contributed by atoms with Gasteiger partial charge in [0.1, 0.15) is 12.4 Å². The second kappa shape index (κ2) is 7.75. The molecule has 0 aromatic carbocycles. The number of ether oxygens (including phenoxy) is 2. The van der Waals surface area contributed by atoms with Crippen LogP contribution in [-0.2, 0) is 19.1 Å². The first-order chi connectivity index (χ1) is 14.3. The van der Waals surface area contributed by atoms with Gasteiger partial charge in [0.05, 0.1) is 5.57 Å². The maximum absolute atomic E-state index is 12.5. The largest absolute Gasteiger partial charge is 0.507 e. The molecule has 4 aliphatic rings. The molecule has 2 aliphatic heterocycles. The van der Waals surface area contributed by atoms with Gasteiger partial charge in [0.15, 0.2) is 5.60 Å². The van der Waals surface area contributed by atoms with E-state index >= 15 is 0 Å². The Kier molecular flexibility index (Phi) is 5.41. The summed E-state index contributed by atoms with van der Waals surface area (Å²) >= 11 is 0. The number of rotatable bonds is 5. The number of hydrogen-bond acceptors (Lipinski definition) is 5. The van der Waals surface area contributed by atoms with E-state index in [-0.39, 0.29) is 23.6 Å². The van der Waals surface area contributed by atoms with Gasteiger partial charge in [-0.15, -0.1) is 0 Å². The number of cyclic esters (lactones) is 1. The Morgan fingerprint density at radius 1 is 1.27 bits per heavy atom. The zero-order chi connectivity index (χ0) is 21.6. The van der Waals surface area contributed by atoms with E-state index in [1.807, 2.05) is 6.08 Å². The summed E-state index contributed by atoms with van der Waals surface area (Å²) in [6, 6.07) is 0. The smallest absolute Gasteiger partial charge is 0.338 e. The average molecular weight is 413 g/mol. The molecule has 5 atom stereocenters. The number of carbonyl (C=O) groups excluding carboxylic acids is 2. The molecule has 30 heavy (non-hydrogen) atoms. The molecular weight excluding hydrogens is 380 g/mol. The van der Waals surface area contributed by atoms with Crippen LogP contribution in [0, 0.1) is 23.7 Å². The van der Waals surface area contributed by atoms with Crippen molar-refractivity contribution in [2.45, 2.75) is 65.4 Å². The van der Waals surface area contributed by atoms with E-state index in [0.29, 0.717) is 30.4 Å². The molecule has 0 bridgehead atoms. The summed E-state index contributed by atoms with van der Waals surface area (Å²) in [6.45, 7) is 8.50. The summed E-state index contributed by atoms with van der Waals surface area (Å²) < 4.78 is 11.0. The Morgan fingerprint density at radius 3 is 2.67 bits per heavy atom. The standard InChI is InChI=1S/C25H32O5/c1-14(6-5-7-18-10-11-29-24(18)28)12-19-13-16(3)20-9-8-15(2)21(20)25(19)22(26)17(4)23(27)30-25/h10,12-13,15,19-21,26H,5-9,11H2,1-4H3/b14-12+/t15-,19+,20-,21+,25-/m0/s1. The van der Waals surface area contributed by atoms with Crippen LogP contribution in [-0.4, -0.2) is 29.3 Å². The van der Waals surface area contributed by atoms with Crippen molar-refractivity contribution in [3.05, 3.63) is 46.3 Å². The first-order valence-electron chi connectivity index (χ1n) is 11.1. The fourth-order valence-electron chi connectivity index (χ4n) is 6.02. The highest BCUT2D eigenvalue weighted by atomic mass is 16.6. The highest BCUT2D eigenvalue weighted by Gasteiger charge is 2.62. The van der Waals surface area contributed by atoms with Gasteiger partial charge >= 0.3 is 11.9 Å². The molecule has 2 heterocycles. The quantitative estimate of drug-likeness (QED) is 0.511. The van der Waals surface area contributed by atoms with Gasteiger partial charge in [-0.1, -0.05) is 30.2 Å². The summed E-state index contributed by atoms with van der Waals surface area (Å²) in [5.41, 5.74) is 2.62. The Balaban J connectivity index is 1.61. The first kappa shape index (κ1) is 21.0. The summed E-state index contributed by atoms with van der Waals surface area (Å²) in [5.74, 6) is 0.134. The lowest BCUT2D eigenvalue weighted by Gasteiger charge is -2.46. The van der Waals surface area contributed by atoms with Crippen LogP contribution in [0.25, 0.3) is 0 Å². The van der Waals surface area contributed by atoms with Crippen molar-refractivity contribution in [3.8, 4) is 0 Å². The Bertz CT molecular complexity index is 889. The van der Waals surface area contributed by atoms with Crippen LogP contribution >= 0.6 is 0 Å². The minimum atomic E-state index is -0.986. The molecule has 1 spiro atoms. The van der Waals surface area contributed by atoms with Crippen molar-refractivity contribution in [2.24, 2.45) is 23.7 Å². The van der Waals surface area contributed by atoms with Gasteiger partial charge in [0, 0.05) is 17.4 Å². The molecule has 5 nitrogen and oxygen atoms in total. The third-order valence-corrected chi connectivity index (χ3v) is 7.58. The van der Waals surface area contributed by atoms with Crippen LogP contribution in [0.5, 0.6) is 0 Å². The number of allylic oxidation sites excluding steroid dienone is 2. The summed E-state index contributed by atoms with van der Waals surface area (Å²) in [4.78, 5) is 24.1. The van der Waals surface area contributed by atoms with Crippen LogP contribution in [0.4, 0.5) is 0 Å². The summed E-state index contributed by atoms with van der Waals surface area (Å²) in [6.07, 6.45) is 10.8. The second-order valence-electron chi connectivity index (χ2n) is 9.47. The topological polar surface area (TPSA) is 72.8 Å². The Labute approximate surface area is 178 Å². The third-order valence-electron chi connectivity index (χ3n) is 7.58. The lowest BCUT2D eigenvalue weighted by molar-refractivity contribution is -0.160. The number of fused-ring (bicyclic) bond motifs is 2. The predicted octanol–water partition coefficient (Wildman–Crippen LogP) is 4.95. The van der Waals surface area contributed by atoms with E-state index in [1.165, 1.54) is 11.1 Å². The molecule has 0 saturated heterocycles. The molecule has 5 heteroatoms. The van der Waals surface area contributed by atoms with Crippen molar-refractivity contribution >= 4 is 11.9 Å². The van der Waals surface area contributed by atoms with Crippen LogP contribution in [0.2, 0.25) is 0 Å². The van der Waals surface area contributed by atoms with Crippen LogP contribution in [0.15, 0.2) is 46.3 Å². The molecule has 162 valence electrons. The van der Waals surface area contributed by atoms with Crippen LogP contribution < -0.4 is 0 Å². The summed E-state index contributed by atoms with van der Waals surface area (Å²) in [7, 11) is 0. The van der Waals surface area contributed by atoms with Gasteiger partial charge in [-0.25, -0.2) is 9.59 Å². The lowest BCUT2D eigenvalue weighted by Crippen LogP contribution is -2.52. The maximum Gasteiger partial charge on any atom is 0.338 e. The van der Waals surface area contributed by atoms with Crippen molar-refractivity contribution in [3.63, 3.8) is 0 Å². The number of hydrogen-bond donors (Lipinski definition) is 1. The highest BCUT2D eigenvalue weighted by molar-refractivity contribution is 5.92. The average Bonchev–Trinajstić information content (AvgIpc) is 3.35.